The van der Waals surface area contributed by atoms with Gasteiger partial charge in [-0.05, 0) is 50.0 Å². The topological polar surface area (TPSA) is 88.0 Å². The van der Waals surface area contributed by atoms with Crippen molar-refractivity contribution in [1.82, 2.24) is 15.1 Å². The second kappa shape index (κ2) is 18.6. The summed E-state index contributed by atoms with van der Waals surface area (Å²) < 4.78 is 1.59. The van der Waals surface area contributed by atoms with Crippen molar-refractivity contribution in [3.63, 3.8) is 0 Å². The molecule has 7 nitrogen and oxygen atoms in total. The van der Waals surface area contributed by atoms with Crippen molar-refractivity contribution in [3.05, 3.63) is 58.0 Å². The van der Waals surface area contributed by atoms with Crippen LogP contribution in [0.4, 0.5) is 11.4 Å². The minimum Gasteiger partial charge on any atom is -0.387 e. The van der Waals surface area contributed by atoms with E-state index < -0.39 is 0 Å². The average molecular weight is 520 g/mol. The SMILES string of the molecule is CC.CCCC1CCNCC1.CNc1ccccc1Cl.O=CNc1cnn(-c2csc(C=O)c2)c1. The first-order valence-corrected chi connectivity index (χ1v) is 13.3. The Hall–Kier alpha value is -2.68. The van der Waals surface area contributed by atoms with Crippen LogP contribution in [0.5, 0.6) is 0 Å². The first-order valence-electron chi connectivity index (χ1n) is 12.0. The van der Waals surface area contributed by atoms with Crippen LogP contribution in [-0.4, -0.2) is 42.6 Å². The number of nitrogens with zero attached hydrogens (tertiary/aromatic N) is 2. The van der Waals surface area contributed by atoms with E-state index in [4.69, 9.17) is 11.6 Å². The number of amides is 1. The number of thiophene rings is 1. The van der Waals surface area contributed by atoms with E-state index in [1.165, 1.54) is 56.3 Å². The zero-order valence-corrected chi connectivity index (χ0v) is 22.7. The molecule has 0 aliphatic carbocycles. The lowest BCUT2D eigenvalue weighted by Crippen LogP contribution is -2.27. The molecule has 192 valence electrons. The summed E-state index contributed by atoms with van der Waals surface area (Å²) in [5, 5.41) is 15.4. The molecule has 1 amide bonds. The molecule has 0 spiro atoms. The van der Waals surface area contributed by atoms with Crippen LogP contribution in [0.15, 0.2) is 48.1 Å². The number of hydrogen-bond acceptors (Lipinski definition) is 6. The minimum atomic E-state index is 0.589. The van der Waals surface area contributed by atoms with Crippen LogP contribution in [0.3, 0.4) is 0 Å². The maximum atomic E-state index is 10.5. The first kappa shape index (κ1) is 30.4. The number of carbonyl (C=O) groups is 2. The molecule has 0 atom stereocenters. The number of rotatable bonds is 7. The third kappa shape index (κ3) is 11.5. The Bertz CT molecular complexity index is 967. The summed E-state index contributed by atoms with van der Waals surface area (Å²) in [6, 6.07) is 9.37. The summed E-state index contributed by atoms with van der Waals surface area (Å²) >= 11 is 7.11. The Morgan fingerprint density at radius 2 is 1.94 bits per heavy atom. The summed E-state index contributed by atoms with van der Waals surface area (Å²) in [7, 11) is 1.85. The number of aromatic nitrogens is 2. The van der Waals surface area contributed by atoms with E-state index in [1.807, 2.05) is 50.5 Å². The van der Waals surface area contributed by atoms with E-state index in [2.05, 4.69) is 28.0 Å². The van der Waals surface area contributed by atoms with E-state index in [9.17, 15) is 9.59 Å². The van der Waals surface area contributed by atoms with Gasteiger partial charge in [0, 0.05) is 12.4 Å². The van der Waals surface area contributed by atoms with Gasteiger partial charge in [-0.2, -0.15) is 5.10 Å². The molecule has 0 bridgehead atoms. The number of nitrogens with one attached hydrogen (secondary N) is 3. The minimum absolute atomic E-state index is 0.589. The van der Waals surface area contributed by atoms with Gasteiger partial charge in [0.15, 0.2) is 6.29 Å². The normalized spacial score (nSPS) is 12.5. The lowest BCUT2D eigenvalue weighted by atomic mass is 9.94. The molecular weight excluding hydrogens is 482 g/mol. The molecule has 1 aromatic carbocycles. The van der Waals surface area contributed by atoms with E-state index in [1.54, 1.807) is 16.9 Å². The smallest absolute Gasteiger partial charge is 0.211 e. The van der Waals surface area contributed by atoms with E-state index in [0.29, 0.717) is 17.0 Å². The zero-order valence-electron chi connectivity index (χ0n) is 21.1. The number of carbonyl (C=O) groups excluding carboxylic acids is 2. The molecule has 0 radical (unpaired) electrons. The molecule has 1 fully saturated rings. The largest absolute Gasteiger partial charge is 0.387 e. The summed E-state index contributed by atoms with van der Waals surface area (Å²) in [5.74, 6) is 1.04. The quantitative estimate of drug-likeness (QED) is 0.310. The number of piperidine rings is 1. The van der Waals surface area contributed by atoms with Crippen molar-refractivity contribution in [2.45, 2.75) is 46.5 Å². The fourth-order valence-electron chi connectivity index (χ4n) is 3.37. The number of hydrogen-bond donors (Lipinski definition) is 3. The Morgan fingerprint density at radius 1 is 1.23 bits per heavy atom. The molecule has 3 N–H and O–H groups in total. The molecule has 0 unspecified atom stereocenters. The number of aldehydes is 1. The molecule has 0 saturated carbocycles. The summed E-state index contributed by atoms with van der Waals surface area (Å²) in [4.78, 5) is 21.3. The van der Waals surface area contributed by atoms with Crippen molar-refractivity contribution >= 4 is 47.0 Å². The van der Waals surface area contributed by atoms with Gasteiger partial charge >= 0.3 is 0 Å². The van der Waals surface area contributed by atoms with E-state index >= 15 is 0 Å². The van der Waals surface area contributed by atoms with Crippen molar-refractivity contribution in [2.24, 2.45) is 5.92 Å². The second-order valence-corrected chi connectivity index (χ2v) is 8.82. The van der Waals surface area contributed by atoms with Gasteiger partial charge in [0.25, 0.3) is 0 Å². The maximum absolute atomic E-state index is 10.5. The van der Waals surface area contributed by atoms with Crippen LogP contribution in [-0.2, 0) is 4.79 Å². The van der Waals surface area contributed by atoms with Gasteiger partial charge < -0.3 is 16.0 Å². The van der Waals surface area contributed by atoms with Gasteiger partial charge in [-0.1, -0.05) is 57.3 Å². The van der Waals surface area contributed by atoms with Gasteiger partial charge in [-0.3, -0.25) is 9.59 Å². The summed E-state index contributed by atoms with van der Waals surface area (Å²) in [6.45, 7) is 8.79. The fourth-order valence-corrected chi connectivity index (χ4v) is 4.28. The van der Waals surface area contributed by atoms with Crippen molar-refractivity contribution in [1.29, 1.82) is 0 Å². The zero-order chi connectivity index (χ0) is 25.9. The molecule has 4 rings (SSSR count). The van der Waals surface area contributed by atoms with Crippen LogP contribution < -0.4 is 16.0 Å². The highest BCUT2D eigenvalue weighted by atomic mass is 35.5. The second-order valence-electron chi connectivity index (χ2n) is 7.47. The van der Waals surface area contributed by atoms with Crippen LogP contribution in [0.2, 0.25) is 5.02 Å². The van der Waals surface area contributed by atoms with Gasteiger partial charge in [-0.15, -0.1) is 11.3 Å². The number of benzene rings is 1. The first-order chi connectivity index (χ1) is 17.1. The van der Waals surface area contributed by atoms with Gasteiger partial charge in [0.05, 0.1) is 39.4 Å². The van der Waals surface area contributed by atoms with Crippen molar-refractivity contribution in [2.75, 3.05) is 30.8 Å². The van der Waals surface area contributed by atoms with Crippen molar-refractivity contribution < 1.29 is 9.59 Å². The van der Waals surface area contributed by atoms with Gasteiger partial charge in [-0.25, -0.2) is 4.68 Å². The molecule has 35 heavy (non-hydrogen) atoms. The Morgan fingerprint density at radius 3 is 2.49 bits per heavy atom. The summed E-state index contributed by atoms with van der Waals surface area (Å²) in [5.41, 5.74) is 2.39. The third-order valence-electron chi connectivity index (χ3n) is 5.09. The van der Waals surface area contributed by atoms with Crippen molar-refractivity contribution in [3.8, 4) is 5.69 Å². The molecule has 3 aromatic rings. The van der Waals surface area contributed by atoms with E-state index in [-0.39, 0.29) is 0 Å². The Balaban J connectivity index is 0.000000266. The third-order valence-corrected chi connectivity index (χ3v) is 6.27. The predicted octanol–water partition coefficient (Wildman–Crippen LogP) is 6.51. The molecule has 1 saturated heterocycles. The van der Waals surface area contributed by atoms with Gasteiger partial charge in [0.1, 0.15) is 0 Å². The Labute approximate surface area is 218 Å². The molecule has 1 aliphatic rings. The number of para-hydroxylation sites is 1. The number of halogens is 1. The monoisotopic (exact) mass is 519 g/mol. The molecule has 2 aromatic heterocycles. The summed E-state index contributed by atoms with van der Waals surface area (Å²) in [6.07, 6.45) is 10.2. The van der Waals surface area contributed by atoms with Crippen LogP contribution in [0, 0.1) is 5.92 Å². The highest BCUT2D eigenvalue weighted by Gasteiger charge is 2.10. The van der Waals surface area contributed by atoms with Crippen LogP contribution >= 0.6 is 22.9 Å². The molecular formula is C26H38ClN5O2S. The number of anilines is 2. The Kier molecular flexibility index (Phi) is 16.1. The predicted molar refractivity (Wildman–Crippen MR) is 149 cm³/mol. The maximum Gasteiger partial charge on any atom is 0.211 e. The highest BCUT2D eigenvalue weighted by Crippen LogP contribution is 2.19. The standard InChI is InChI=1S/C9H7N3O2S.C8H17N.C7H8ClN.C2H6/c13-4-9-1-8(5-15-9)12-3-7(2-11-12)10-6-14;1-2-3-8-4-6-9-7-5-8;1-9-7-5-3-2-4-6(7)8;1-2/h1-6H,(H,10,14);8-9H,2-7H2,1H3;2-5,9H,1H3;1-2H3. The van der Waals surface area contributed by atoms with Crippen LogP contribution in [0.1, 0.15) is 56.1 Å². The lowest BCUT2D eigenvalue weighted by molar-refractivity contribution is -0.105. The molecule has 9 heteroatoms. The van der Waals surface area contributed by atoms with Gasteiger partial charge in [0.2, 0.25) is 6.41 Å². The molecule has 1 aliphatic heterocycles. The lowest BCUT2D eigenvalue weighted by Gasteiger charge is -2.21. The fraction of sp³-hybridized carbons (Fsp3) is 0.423. The van der Waals surface area contributed by atoms with Crippen LogP contribution in [0.25, 0.3) is 5.69 Å². The van der Waals surface area contributed by atoms with E-state index in [0.717, 1.165) is 28.6 Å². The average Bonchev–Trinajstić information content (AvgIpc) is 3.57. The molecule has 3 heterocycles. The highest BCUT2D eigenvalue weighted by molar-refractivity contribution is 7.12.